The average molecular weight is 444 g/mol. The highest BCUT2D eigenvalue weighted by atomic mass is 32.2. The number of para-hydroxylation sites is 1. The molecule has 1 amide bonds. The number of anilines is 1. The van der Waals surface area contributed by atoms with Crippen LogP contribution < -0.4 is 9.62 Å². The zero-order chi connectivity index (χ0) is 21.6. The molecule has 0 bridgehead atoms. The molecule has 6 nitrogen and oxygen atoms in total. The van der Waals surface area contributed by atoms with Gasteiger partial charge in [-0.1, -0.05) is 18.2 Å². The molecule has 0 radical (unpaired) electrons. The molecule has 0 aliphatic rings. The van der Waals surface area contributed by atoms with Crippen molar-refractivity contribution in [2.75, 3.05) is 17.9 Å². The third kappa shape index (κ3) is 5.46. The van der Waals surface area contributed by atoms with Crippen LogP contribution in [0.25, 0.3) is 0 Å². The number of amides is 1. The molecule has 0 aliphatic heterocycles. The molecule has 0 atom stereocenters. The SMILES string of the molecule is Cc1csc(CCCCNC(=O)c2ccc(S(=O)(=O)N(C)c3ccccc3)cc2)n1. The Morgan fingerprint density at radius 1 is 1.07 bits per heavy atom. The first kappa shape index (κ1) is 22.0. The van der Waals surface area contributed by atoms with Crippen LogP contribution in [-0.2, 0) is 16.4 Å². The summed E-state index contributed by atoms with van der Waals surface area (Å²) in [4.78, 5) is 16.9. The molecule has 3 rings (SSSR count). The van der Waals surface area contributed by atoms with Crippen molar-refractivity contribution in [2.24, 2.45) is 0 Å². The van der Waals surface area contributed by atoms with Gasteiger partial charge in [-0.05, 0) is 62.6 Å². The van der Waals surface area contributed by atoms with Crippen LogP contribution in [0.4, 0.5) is 5.69 Å². The van der Waals surface area contributed by atoms with E-state index in [2.05, 4.69) is 10.3 Å². The van der Waals surface area contributed by atoms with E-state index in [9.17, 15) is 13.2 Å². The first-order valence-electron chi connectivity index (χ1n) is 9.71. The lowest BCUT2D eigenvalue weighted by Crippen LogP contribution is -2.27. The minimum atomic E-state index is -3.69. The van der Waals surface area contributed by atoms with E-state index in [0.29, 0.717) is 17.8 Å². The second kappa shape index (κ2) is 9.86. The molecule has 1 aromatic heterocycles. The van der Waals surface area contributed by atoms with Crippen LogP contribution in [0.2, 0.25) is 0 Å². The number of aromatic nitrogens is 1. The zero-order valence-corrected chi connectivity index (χ0v) is 18.7. The van der Waals surface area contributed by atoms with Crippen LogP contribution >= 0.6 is 11.3 Å². The van der Waals surface area contributed by atoms with Crippen LogP contribution in [0.5, 0.6) is 0 Å². The number of carbonyl (C=O) groups excluding carboxylic acids is 1. The fourth-order valence-electron chi connectivity index (χ4n) is 2.94. The van der Waals surface area contributed by atoms with Crippen LogP contribution in [0.15, 0.2) is 64.9 Å². The minimum absolute atomic E-state index is 0.143. The maximum Gasteiger partial charge on any atom is 0.264 e. The van der Waals surface area contributed by atoms with Crippen molar-refractivity contribution in [3.8, 4) is 0 Å². The quantitative estimate of drug-likeness (QED) is 0.507. The van der Waals surface area contributed by atoms with Gasteiger partial charge in [-0.15, -0.1) is 11.3 Å². The predicted molar refractivity (Wildman–Crippen MR) is 121 cm³/mol. The molecule has 0 saturated carbocycles. The molecule has 0 aliphatic carbocycles. The van der Waals surface area contributed by atoms with Gasteiger partial charge in [-0.2, -0.15) is 0 Å². The summed E-state index contributed by atoms with van der Waals surface area (Å²) in [6.45, 7) is 2.55. The molecule has 1 N–H and O–H groups in total. The Labute approximate surface area is 181 Å². The van der Waals surface area contributed by atoms with Gasteiger partial charge < -0.3 is 5.32 Å². The molecular formula is C22H25N3O3S2. The molecule has 0 saturated heterocycles. The topological polar surface area (TPSA) is 79.4 Å². The number of aryl methyl sites for hydroxylation is 2. The van der Waals surface area contributed by atoms with Gasteiger partial charge in [0.05, 0.1) is 15.6 Å². The van der Waals surface area contributed by atoms with E-state index in [0.717, 1.165) is 30.0 Å². The first-order valence-corrected chi connectivity index (χ1v) is 12.0. The molecule has 0 fully saturated rings. The lowest BCUT2D eigenvalue weighted by atomic mass is 10.2. The number of unbranched alkanes of at least 4 members (excludes halogenated alkanes) is 1. The Morgan fingerprint density at radius 2 is 1.77 bits per heavy atom. The maximum atomic E-state index is 12.8. The molecular weight excluding hydrogens is 418 g/mol. The maximum absolute atomic E-state index is 12.8. The van der Waals surface area contributed by atoms with Gasteiger partial charge in [0.25, 0.3) is 15.9 Å². The summed E-state index contributed by atoms with van der Waals surface area (Å²) in [6.07, 6.45) is 2.73. The molecule has 158 valence electrons. The van der Waals surface area contributed by atoms with E-state index in [1.54, 1.807) is 47.7 Å². The Hall–Kier alpha value is -2.71. The molecule has 30 heavy (non-hydrogen) atoms. The van der Waals surface area contributed by atoms with Gasteiger partial charge in [0.2, 0.25) is 0 Å². The highest BCUT2D eigenvalue weighted by molar-refractivity contribution is 7.92. The number of sulfonamides is 1. The number of hydrogen-bond acceptors (Lipinski definition) is 5. The van der Waals surface area contributed by atoms with E-state index in [4.69, 9.17) is 0 Å². The van der Waals surface area contributed by atoms with Gasteiger partial charge in [0.1, 0.15) is 0 Å². The number of benzene rings is 2. The highest BCUT2D eigenvalue weighted by Crippen LogP contribution is 2.22. The average Bonchev–Trinajstić information content (AvgIpc) is 3.18. The fourth-order valence-corrected chi connectivity index (χ4v) is 4.95. The fraction of sp³-hybridized carbons (Fsp3) is 0.273. The Morgan fingerprint density at radius 3 is 2.40 bits per heavy atom. The Balaban J connectivity index is 1.52. The lowest BCUT2D eigenvalue weighted by Gasteiger charge is -2.19. The number of hydrogen-bond donors (Lipinski definition) is 1. The summed E-state index contributed by atoms with van der Waals surface area (Å²) in [5, 5.41) is 6.04. The largest absolute Gasteiger partial charge is 0.352 e. The molecule has 0 spiro atoms. The number of thiazole rings is 1. The van der Waals surface area contributed by atoms with Crippen LogP contribution in [0, 0.1) is 6.92 Å². The molecule has 0 unspecified atom stereocenters. The van der Waals surface area contributed by atoms with Crippen molar-refractivity contribution in [1.82, 2.24) is 10.3 Å². The first-order chi connectivity index (χ1) is 14.4. The molecule has 3 aromatic rings. The second-order valence-electron chi connectivity index (χ2n) is 6.93. The van der Waals surface area contributed by atoms with E-state index >= 15 is 0 Å². The number of rotatable bonds is 9. The van der Waals surface area contributed by atoms with Crippen LogP contribution in [0.1, 0.15) is 33.9 Å². The van der Waals surface area contributed by atoms with Crippen molar-refractivity contribution >= 4 is 33.0 Å². The molecule has 1 heterocycles. The zero-order valence-electron chi connectivity index (χ0n) is 17.0. The summed E-state index contributed by atoms with van der Waals surface area (Å²) in [7, 11) is -2.17. The summed E-state index contributed by atoms with van der Waals surface area (Å²) in [5.41, 5.74) is 2.06. The van der Waals surface area contributed by atoms with Gasteiger partial charge in [0, 0.05) is 30.2 Å². The van der Waals surface area contributed by atoms with E-state index in [1.165, 1.54) is 23.5 Å². The number of nitrogens with one attached hydrogen (secondary N) is 1. The van der Waals surface area contributed by atoms with Crippen molar-refractivity contribution in [3.63, 3.8) is 0 Å². The van der Waals surface area contributed by atoms with Crippen molar-refractivity contribution in [1.29, 1.82) is 0 Å². The monoisotopic (exact) mass is 443 g/mol. The lowest BCUT2D eigenvalue weighted by molar-refractivity contribution is 0.0953. The van der Waals surface area contributed by atoms with Crippen LogP contribution in [0.3, 0.4) is 0 Å². The van der Waals surface area contributed by atoms with Crippen molar-refractivity contribution in [2.45, 2.75) is 31.1 Å². The smallest absolute Gasteiger partial charge is 0.264 e. The summed E-state index contributed by atoms with van der Waals surface area (Å²) in [5.74, 6) is -0.208. The van der Waals surface area contributed by atoms with Gasteiger partial charge >= 0.3 is 0 Å². The standard InChI is InChI=1S/C22H25N3O3S2/c1-17-16-29-21(24-17)10-6-7-15-23-22(26)18-11-13-20(14-12-18)30(27,28)25(2)19-8-4-3-5-9-19/h3-5,8-9,11-14,16H,6-7,10,15H2,1-2H3,(H,23,26). The van der Waals surface area contributed by atoms with Gasteiger partial charge in [-0.3, -0.25) is 9.10 Å². The highest BCUT2D eigenvalue weighted by Gasteiger charge is 2.21. The van der Waals surface area contributed by atoms with Crippen molar-refractivity contribution in [3.05, 3.63) is 76.2 Å². The summed E-state index contributed by atoms with van der Waals surface area (Å²) in [6, 6.07) is 14.9. The predicted octanol–water partition coefficient (Wildman–Crippen LogP) is 4.03. The molecule has 8 heteroatoms. The van der Waals surface area contributed by atoms with Crippen LogP contribution in [-0.4, -0.2) is 32.9 Å². The minimum Gasteiger partial charge on any atom is -0.352 e. The Bertz CT molecular complexity index is 1080. The summed E-state index contributed by atoms with van der Waals surface area (Å²) < 4.78 is 26.8. The second-order valence-corrected chi connectivity index (χ2v) is 9.84. The van der Waals surface area contributed by atoms with Gasteiger partial charge in [-0.25, -0.2) is 13.4 Å². The summed E-state index contributed by atoms with van der Waals surface area (Å²) >= 11 is 1.66. The normalized spacial score (nSPS) is 11.3. The van der Waals surface area contributed by atoms with E-state index in [-0.39, 0.29) is 10.8 Å². The van der Waals surface area contributed by atoms with Gasteiger partial charge in [0.15, 0.2) is 0 Å². The van der Waals surface area contributed by atoms with Crippen molar-refractivity contribution < 1.29 is 13.2 Å². The third-order valence-corrected chi connectivity index (χ3v) is 7.49. The van der Waals surface area contributed by atoms with E-state index in [1.807, 2.05) is 18.4 Å². The third-order valence-electron chi connectivity index (χ3n) is 4.66. The number of nitrogens with zero attached hydrogens (tertiary/aromatic N) is 2. The molecule has 2 aromatic carbocycles. The Kier molecular flexibility index (Phi) is 7.23. The number of carbonyl (C=O) groups is 1. The van der Waals surface area contributed by atoms with E-state index < -0.39 is 10.0 Å².